The summed E-state index contributed by atoms with van der Waals surface area (Å²) in [5.41, 5.74) is 4.01. The summed E-state index contributed by atoms with van der Waals surface area (Å²) in [6, 6.07) is 6.76. The summed E-state index contributed by atoms with van der Waals surface area (Å²) in [6.45, 7) is 4.39. The Labute approximate surface area is 195 Å². The van der Waals surface area contributed by atoms with Crippen molar-refractivity contribution < 1.29 is 22.7 Å². The maximum atomic E-state index is 14.6. The molecule has 0 bridgehead atoms. The molecule has 33 heavy (non-hydrogen) atoms. The van der Waals surface area contributed by atoms with E-state index >= 15 is 0 Å². The van der Waals surface area contributed by atoms with Crippen molar-refractivity contribution in [2.45, 2.75) is 31.5 Å². The van der Waals surface area contributed by atoms with E-state index in [-0.39, 0.29) is 29.7 Å². The maximum absolute atomic E-state index is 14.6. The Kier molecular flexibility index (Phi) is 8.31. The standard InChI is InChI=1S/C20H22FN5O2S2.CH2O2/c1-14-6-7-22-20(30(27,28)25-18-12-29-13-24-18)19(14)23-10-16-15(4-2-5-17(16)21)11-26-8-3-9-26;2-1-3/h2,4-7,12-13,23,25H,3,8-11H2,1H3;1H,(H,2,3). The van der Waals surface area contributed by atoms with Crippen LogP contribution in [0.5, 0.6) is 0 Å². The molecular formula is C21H24FN5O4S2. The smallest absolute Gasteiger partial charge is 0.290 e. The van der Waals surface area contributed by atoms with Crippen LogP contribution >= 0.6 is 11.3 Å². The zero-order chi connectivity index (χ0) is 23.8. The van der Waals surface area contributed by atoms with Crippen LogP contribution in [0, 0.1) is 12.7 Å². The molecule has 0 amide bonds. The Morgan fingerprint density at radius 3 is 2.67 bits per heavy atom. The molecule has 0 radical (unpaired) electrons. The van der Waals surface area contributed by atoms with Crippen molar-refractivity contribution in [2.24, 2.45) is 0 Å². The molecule has 1 saturated heterocycles. The van der Waals surface area contributed by atoms with E-state index in [1.165, 1.54) is 23.6 Å². The average molecular weight is 494 g/mol. The van der Waals surface area contributed by atoms with E-state index in [9.17, 15) is 12.8 Å². The van der Waals surface area contributed by atoms with Gasteiger partial charge in [-0.2, -0.15) is 8.42 Å². The molecule has 176 valence electrons. The number of likely N-dealkylation sites (tertiary alicyclic amines) is 1. The van der Waals surface area contributed by atoms with Crippen molar-refractivity contribution in [3.63, 3.8) is 0 Å². The van der Waals surface area contributed by atoms with Crippen LogP contribution in [-0.4, -0.2) is 48.0 Å². The molecule has 0 atom stereocenters. The first-order chi connectivity index (χ1) is 15.9. The quantitative estimate of drug-likeness (QED) is 0.408. The minimum Gasteiger partial charge on any atom is -0.483 e. The molecule has 3 N–H and O–H groups in total. The highest BCUT2D eigenvalue weighted by molar-refractivity contribution is 7.92. The van der Waals surface area contributed by atoms with Gasteiger partial charge in [-0.25, -0.2) is 14.4 Å². The van der Waals surface area contributed by atoms with Crippen molar-refractivity contribution in [1.29, 1.82) is 0 Å². The number of thiazole rings is 1. The Bertz CT molecular complexity index is 1190. The Hall–Kier alpha value is -3.09. The molecule has 1 aliphatic heterocycles. The summed E-state index contributed by atoms with van der Waals surface area (Å²) in [5.74, 6) is -0.0766. The molecule has 1 aromatic carbocycles. The lowest BCUT2D eigenvalue weighted by Gasteiger charge is -2.31. The fourth-order valence-electron chi connectivity index (χ4n) is 3.31. The molecule has 12 heteroatoms. The molecule has 1 fully saturated rings. The van der Waals surface area contributed by atoms with Crippen molar-refractivity contribution in [3.8, 4) is 0 Å². The lowest BCUT2D eigenvalue weighted by Crippen LogP contribution is -2.36. The number of pyridine rings is 1. The molecule has 0 saturated carbocycles. The summed E-state index contributed by atoms with van der Waals surface area (Å²) < 4.78 is 42.8. The van der Waals surface area contributed by atoms with Gasteiger partial charge in [0.1, 0.15) is 5.82 Å². The van der Waals surface area contributed by atoms with Gasteiger partial charge in [-0.05, 0) is 49.7 Å². The number of sulfonamides is 1. The van der Waals surface area contributed by atoms with Gasteiger partial charge in [0.25, 0.3) is 16.5 Å². The van der Waals surface area contributed by atoms with Crippen molar-refractivity contribution in [1.82, 2.24) is 14.9 Å². The highest BCUT2D eigenvalue weighted by Gasteiger charge is 2.23. The van der Waals surface area contributed by atoms with Crippen LogP contribution in [0.1, 0.15) is 23.1 Å². The lowest BCUT2D eigenvalue weighted by molar-refractivity contribution is -0.122. The first-order valence-electron chi connectivity index (χ1n) is 10.0. The predicted molar refractivity (Wildman–Crippen MR) is 124 cm³/mol. The molecule has 3 heterocycles. The lowest BCUT2D eigenvalue weighted by atomic mass is 10.0. The number of carboxylic acid groups (broad SMARTS) is 1. The normalized spacial score (nSPS) is 13.4. The second-order valence-electron chi connectivity index (χ2n) is 7.25. The zero-order valence-corrected chi connectivity index (χ0v) is 19.5. The summed E-state index contributed by atoms with van der Waals surface area (Å²) in [5, 5.41) is 11.5. The molecule has 3 aromatic rings. The topological polar surface area (TPSA) is 125 Å². The number of carbonyl (C=O) groups is 1. The highest BCUT2D eigenvalue weighted by Crippen LogP contribution is 2.27. The summed E-state index contributed by atoms with van der Waals surface area (Å²) >= 11 is 1.29. The number of nitrogens with zero attached hydrogens (tertiary/aromatic N) is 3. The molecule has 2 aromatic heterocycles. The minimum absolute atomic E-state index is 0.142. The van der Waals surface area contributed by atoms with Gasteiger partial charge >= 0.3 is 0 Å². The molecule has 0 unspecified atom stereocenters. The van der Waals surface area contributed by atoms with E-state index in [4.69, 9.17) is 9.90 Å². The SMILES string of the molecule is Cc1ccnc(S(=O)(=O)Nc2cscn2)c1NCc1c(F)cccc1CN1CCC1.O=CO. The number of aromatic nitrogens is 2. The van der Waals surface area contributed by atoms with E-state index < -0.39 is 10.0 Å². The van der Waals surface area contributed by atoms with Gasteiger partial charge in [0.15, 0.2) is 10.8 Å². The van der Waals surface area contributed by atoms with E-state index in [0.29, 0.717) is 23.4 Å². The van der Waals surface area contributed by atoms with Gasteiger partial charge in [0, 0.05) is 30.2 Å². The van der Waals surface area contributed by atoms with E-state index in [0.717, 1.165) is 25.1 Å². The number of benzene rings is 1. The van der Waals surface area contributed by atoms with Gasteiger partial charge in [-0.3, -0.25) is 14.4 Å². The number of hydrogen-bond acceptors (Lipinski definition) is 8. The summed E-state index contributed by atoms with van der Waals surface area (Å²) in [6.07, 6.45) is 2.60. The zero-order valence-electron chi connectivity index (χ0n) is 17.9. The fourth-order valence-corrected chi connectivity index (χ4v) is 5.05. The van der Waals surface area contributed by atoms with Crippen molar-refractivity contribution >= 4 is 39.3 Å². The van der Waals surface area contributed by atoms with Gasteiger partial charge in [0.05, 0.1) is 11.2 Å². The first kappa shape index (κ1) is 24.6. The van der Waals surface area contributed by atoms with E-state index in [1.807, 2.05) is 6.07 Å². The Morgan fingerprint density at radius 2 is 2.03 bits per heavy atom. The van der Waals surface area contributed by atoms with Gasteiger partial charge < -0.3 is 10.4 Å². The molecular weight excluding hydrogens is 469 g/mol. The van der Waals surface area contributed by atoms with Gasteiger partial charge in [-0.1, -0.05) is 12.1 Å². The number of hydrogen-bond donors (Lipinski definition) is 3. The molecule has 0 aliphatic carbocycles. The Balaban J connectivity index is 0.000000968. The van der Waals surface area contributed by atoms with Crippen LogP contribution in [-0.2, 0) is 27.9 Å². The van der Waals surface area contributed by atoms with Crippen LogP contribution in [0.25, 0.3) is 0 Å². The largest absolute Gasteiger partial charge is 0.483 e. The third kappa shape index (κ3) is 6.24. The summed E-state index contributed by atoms with van der Waals surface area (Å²) in [4.78, 5) is 18.7. The second-order valence-corrected chi connectivity index (χ2v) is 9.57. The highest BCUT2D eigenvalue weighted by atomic mass is 32.2. The van der Waals surface area contributed by atoms with Crippen LogP contribution in [0.4, 0.5) is 15.9 Å². The van der Waals surface area contributed by atoms with Crippen LogP contribution in [0.2, 0.25) is 0 Å². The van der Waals surface area contributed by atoms with Gasteiger partial charge in [0.2, 0.25) is 0 Å². The number of rotatable bonds is 8. The second kappa shape index (κ2) is 11.2. The fraction of sp³-hybridized carbons (Fsp3) is 0.286. The number of nitrogens with one attached hydrogen (secondary N) is 2. The number of halogens is 1. The summed E-state index contributed by atoms with van der Waals surface area (Å²) in [7, 11) is -3.96. The van der Waals surface area contributed by atoms with Crippen LogP contribution < -0.4 is 10.0 Å². The van der Waals surface area contributed by atoms with E-state index in [1.54, 1.807) is 29.9 Å². The molecule has 0 spiro atoms. The van der Waals surface area contributed by atoms with Crippen molar-refractivity contribution in [3.05, 3.63) is 63.9 Å². The maximum Gasteiger partial charge on any atom is 0.290 e. The average Bonchev–Trinajstić information content (AvgIpc) is 3.23. The Morgan fingerprint density at radius 1 is 1.27 bits per heavy atom. The minimum atomic E-state index is -3.96. The molecule has 9 nitrogen and oxygen atoms in total. The predicted octanol–water partition coefficient (Wildman–Crippen LogP) is 3.31. The van der Waals surface area contributed by atoms with Gasteiger partial charge in [-0.15, -0.1) is 11.3 Å². The van der Waals surface area contributed by atoms with E-state index in [2.05, 4.69) is 24.9 Å². The van der Waals surface area contributed by atoms with Crippen molar-refractivity contribution in [2.75, 3.05) is 23.1 Å². The third-order valence-electron chi connectivity index (χ3n) is 5.05. The van der Waals surface area contributed by atoms with Crippen LogP contribution in [0.15, 0.2) is 46.4 Å². The molecule has 4 rings (SSSR count). The number of aryl methyl sites for hydroxylation is 1. The third-order valence-corrected chi connectivity index (χ3v) is 6.93. The van der Waals surface area contributed by atoms with Crippen LogP contribution in [0.3, 0.4) is 0 Å². The number of anilines is 2. The molecule has 1 aliphatic rings. The first-order valence-corrected chi connectivity index (χ1v) is 12.4. The monoisotopic (exact) mass is 493 g/mol.